The number of nitrogens with one attached hydrogen (secondary N) is 1. The van der Waals surface area contributed by atoms with E-state index in [0.29, 0.717) is 19.8 Å². The summed E-state index contributed by atoms with van der Waals surface area (Å²) in [5.74, 6) is 3.00. The summed E-state index contributed by atoms with van der Waals surface area (Å²) < 4.78 is 10.5. The largest absolute Gasteiger partial charge is 0.491 e. The number of ether oxygens (including phenoxy) is 2. The molecule has 0 saturated carbocycles. The molecule has 0 saturated heterocycles. The second kappa shape index (κ2) is 7.31. The molecule has 1 amide bonds. The van der Waals surface area contributed by atoms with E-state index in [2.05, 4.69) is 11.2 Å². The Hall–Kier alpha value is -1.99. The van der Waals surface area contributed by atoms with Crippen molar-refractivity contribution in [3.05, 3.63) is 24.3 Å². The highest BCUT2D eigenvalue weighted by molar-refractivity contribution is 5.88. The van der Waals surface area contributed by atoms with Gasteiger partial charge in [-0.15, -0.1) is 6.42 Å². The zero-order chi connectivity index (χ0) is 12.5. The van der Waals surface area contributed by atoms with E-state index in [1.807, 2.05) is 0 Å². The molecular weight excluding hydrogens is 218 g/mol. The zero-order valence-corrected chi connectivity index (χ0v) is 9.73. The van der Waals surface area contributed by atoms with Gasteiger partial charge >= 0.3 is 0 Å². The van der Waals surface area contributed by atoms with E-state index in [1.165, 1.54) is 6.92 Å². The Balaban J connectivity index is 2.30. The van der Waals surface area contributed by atoms with Crippen LogP contribution in [-0.2, 0) is 9.53 Å². The van der Waals surface area contributed by atoms with Crippen LogP contribution in [0.1, 0.15) is 6.92 Å². The van der Waals surface area contributed by atoms with Gasteiger partial charge in [0, 0.05) is 12.6 Å². The predicted octanol–water partition coefficient (Wildman–Crippen LogP) is 1.67. The lowest BCUT2D eigenvalue weighted by molar-refractivity contribution is -0.114. The standard InChI is InChI=1S/C13H15NO3/c1-3-8-16-9-10-17-13-6-4-12(5-7-13)14-11(2)15/h1,4-7H,8-10H2,2H3,(H,14,15). The number of hydrogen-bond acceptors (Lipinski definition) is 3. The summed E-state index contributed by atoms with van der Waals surface area (Å²) in [4.78, 5) is 10.8. The van der Waals surface area contributed by atoms with Crippen molar-refractivity contribution in [1.29, 1.82) is 0 Å². The maximum Gasteiger partial charge on any atom is 0.221 e. The summed E-state index contributed by atoms with van der Waals surface area (Å²) >= 11 is 0. The first kappa shape index (κ1) is 13.1. The van der Waals surface area contributed by atoms with E-state index in [-0.39, 0.29) is 5.91 Å². The smallest absolute Gasteiger partial charge is 0.221 e. The van der Waals surface area contributed by atoms with Gasteiger partial charge in [-0.2, -0.15) is 0 Å². The number of terminal acetylenes is 1. The number of anilines is 1. The third-order valence-corrected chi connectivity index (χ3v) is 1.86. The van der Waals surface area contributed by atoms with Gasteiger partial charge in [0.25, 0.3) is 0 Å². The van der Waals surface area contributed by atoms with Gasteiger partial charge in [0.05, 0.1) is 6.61 Å². The second-order valence-corrected chi connectivity index (χ2v) is 3.31. The molecule has 1 rings (SSSR count). The highest BCUT2D eigenvalue weighted by Gasteiger charge is 1.97. The van der Waals surface area contributed by atoms with Crippen LogP contribution in [0.2, 0.25) is 0 Å². The van der Waals surface area contributed by atoms with Gasteiger partial charge in [0.2, 0.25) is 5.91 Å². The molecule has 90 valence electrons. The van der Waals surface area contributed by atoms with Crippen molar-refractivity contribution < 1.29 is 14.3 Å². The fourth-order valence-corrected chi connectivity index (χ4v) is 1.19. The molecule has 0 aliphatic carbocycles. The second-order valence-electron chi connectivity index (χ2n) is 3.31. The summed E-state index contributed by atoms with van der Waals surface area (Å²) in [6, 6.07) is 7.12. The van der Waals surface area contributed by atoms with Crippen molar-refractivity contribution in [1.82, 2.24) is 0 Å². The van der Waals surface area contributed by atoms with Crippen LogP contribution < -0.4 is 10.1 Å². The van der Waals surface area contributed by atoms with Crippen LogP contribution in [0.4, 0.5) is 5.69 Å². The number of hydrogen-bond donors (Lipinski definition) is 1. The summed E-state index contributed by atoms with van der Waals surface area (Å²) in [5, 5.41) is 2.67. The molecule has 0 heterocycles. The first-order chi connectivity index (χ1) is 8.22. The van der Waals surface area contributed by atoms with Crippen LogP contribution in [0.5, 0.6) is 5.75 Å². The first-order valence-corrected chi connectivity index (χ1v) is 5.24. The minimum Gasteiger partial charge on any atom is -0.491 e. The van der Waals surface area contributed by atoms with Crippen molar-refractivity contribution in [3.63, 3.8) is 0 Å². The molecule has 0 radical (unpaired) electrons. The van der Waals surface area contributed by atoms with Gasteiger partial charge in [-0.1, -0.05) is 5.92 Å². The minimum atomic E-state index is -0.0960. The number of benzene rings is 1. The molecule has 0 atom stereocenters. The molecule has 0 aliphatic rings. The molecule has 0 spiro atoms. The van der Waals surface area contributed by atoms with Crippen molar-refractivity contribution in [2.45, 2.75) is 6.92 Å². The molecule has 0 unspecified atom stereocenters. The van der Waals surface area contributed by atoms with Crippen molar-refractivity contribution >= 4 is 11.6 Å². The quantitative estimate of drug-likeness (QED) is 0.600. The summed E-state index contributed by atoms with van der Waals surface area (Å²) in [7, 11) is 0. The SMILES string of the molecule is C#CCOCCOc1ccc(NC(C)=O)cc1. The Morgan fingerprint density at radius 3 is 2.65 bits per heavy atom. The minimum absolute atomic E-state index is 0.0960. The molecule has 0 aliphatic heterocycles. The Morgan fingerprint density at radius 2 is 2.06 bits per heavy atom. The van der Waals surface area contributed by atoms with Gasteiger partial charge in [-0.25, -0.2) is 0 Å². The Bertz CT molecular complexity index is 392. The van der Waals surface area contributed by atoms with E-state index >= 15 is 0 Å². The van der Waals surface area contributed by atoms with Crippen LogP contribution in [-0.4, -0.2) is 25.7 Å². The molecule has 1 N–H and O–H groups in total. The van der Waals surface area contributed by atoms with Crippen LogP contribution in [0.3, 0.4) is 0 Å². The summed E-state index contributed by atoms with van der Waals surface area (Å²) in [5.41, 5.74) is 0.744. The monoisotopic (exact) mass is 233 g/mol. The Morgan fingerprint density at radius 1 is 1.35 bits per heavy atom. The average molecular weight is 233 g/mol. The summed E-state index contributed by atoms with van der Waals surface area (Å²) in [6.07, 6.45) is 5.03. The molecule has 0 fully saturated rings. The molecule has 17 heavy (non-hydrogen) atoms. The van der Waals surface area contributed by atoms with E-state index in [1.54, 1.807) is 24.3 Å². The van der Waals surface area contributed by atoms with E-state index in [9.17, 15) is 4.79 Å². The Kier molecular flexibility index (Phi) is 5.62. The van der Waals surface area contributed by atoms with Crippen molar-refractivity contribution in [2.75, 3.05) is 25.1 Å². The normalized spacial score (nSPS) is 9.41. The topological polar surface area (TPSA) is 47.6 Å². The molecule has 0 aromatic heterocycles. The third kappa shape index (κ3) is 5.59. The molecule has 1 aromatic carbocycles. The number of carbonyl (C=O) groups excluding carboxylic acids is 1. The van der Waals surface area contributed by atoms with Gasteiger partial charge in [0.15, 0.2) is 0 Å². The van der Waals surface area contributed by atoms with Crippen molar-refractivity contribution in [3.8, 4) is 18.1 Å². The van der Waals surface area contributed by atoms with Crippen LogP contribution in [0.15, 0.2) is 24.3 Å². The van der Waals surface area contributed by atoms with Gasteiger partial charge in [0.1, 0.15) is 19.0 Å². The van der Waals surface area contributed by atoms with E-state index in [4.69, 9.17) is 15.9 Å². The molecule has 4 nitrogen and oxygen atoms in total. The zero-order valence-electron chi connectivity index (χ0n) is 9.73. The van der Waals surface area contributed by atoms with Crippen LogP contribution in [0.25, 0.3) is 0 Å². The summed E-state index contributed by atoms with van der Waals surface area (Å²) in [6.45, 7) is 2.66. The lowest BCUT2D eigenvalue weighted by atomic mass is 10.3. The Labute approximate surface area is 101 Å². The number of amides is 1. The van der Waals surface area contributed by atoms with Crippen LogP contribution >= 0.6 is 0 Å². The molecule has 1 aromatic rings. The first-order valence-electron chi connectivity index (χ1n) is 5.24. The fourth-order valence-electron chi connectivity index (χ4n) is 1.19. The number of rotatable bonds is 6. The van der Waals surface area contributed by atoms with Crippen LogP contribution in [0, 0.1) is 12.3 Å². The highest BCUT2D eigenvalue weighted by atomic mass is 16.5. The highest BCUT2D eigenvalue weighted by Crippen LogP contribution is 2.15. The van der Waals surface area contributed by atoms with Gasteiger partial charge in [-0.3, -0.25) is 4.79 Å². The molecule has 0 bridgehead atoms. The average Bonchev–Trinajstić information content (AvgIpc) is 2.30. The van der Waals surface area contributed by atoms with E-state index in [0.717, 1.165) is 11.4 Å². The number of carbonyl (C=O) groups is 1. The van der Waals surface area contributed by atoms with Crippen molar-refractivity contribution in [2.24, 2.45) is 0 Å². The maximum absolute atomic E-state index is 10.8. The third-order valence-electron chi connectivity index (χ3n) is 1.86. The lowest BCUT2D eigenvalue weighted by Gasteiger charge is -2.07. The van der Waals surface area contributed by atoms with E-state index < -0.39 is 0 Å². The molecular formula is C13H15NO3. The van der Waals surface area contributed by atoms with Gasteiger partial charge < -0.3 is 14.8 Å². The van der Waals surface area contributed by atoms with Gasteiger partial charge in [-0.05, 0) is 24.3 Å². The lowest BCUT2D eigenvalue weighted by Crippen LogP contribution is -2.07. The maximum atomic E-state index is 10.8. The fraction of sp³-hybridized carbons (Fsp3) is 0.308. The predicted molar refractivity (Wildman–Crippen MR) is 65.9 cm³/mol. The molecule has 4 heteroatoms.